The van der Waals surface area contributed by atoms with Crippen molar-refractivity contribution in [3.63, 3.8) is 0 Å². The Bertz CT molecular complexity index is 3130. The van der Waals surface area contributed by atoms with E-state index in [0.29, 0.717) is 50.6 Å². The summed E-state index contributed by atoms with van der Waals surface area (Å²) in [5, 5.41) is 3.31. The molecule has 6 heterocycles. The van der Waals surface area contributed by atoms with Crippen LogP contribution in [0.15, 0.2) is 167 Å². The molecule has 2 spiro atoms. The summed E-state index contributed by atoms with van der Waals surface area (Å²) in [5.41, 5.74) is 8.79. The van der Waals surface area contributed by atoms with Crippen LogP contribution in [0.3, 0.4) is 0 Å². The van der Waals surface area contributed by atoms with Crippen LogP contribution in [0.4, 0.5) is 11.4 Å². The first-order valence-corrected chi connectivity index (χ1v) is 26.7. The van der Waals surface area contributed by atoms with Crippen LogP contribution in [-0.4, -0.2) is 90.4 Å². The van der Waals surface area contributed by atoms with E-state index in [-0.39, 0.29) is 48.2 Å². The summed E-state index contributed by atoms with van der Waals surface area (Å²) in [7, 11) is 0. The number of anilines is 2. The fraction of sp³-hybridized carbons (Fsp3) is 0.311. The van der Waals surface area contributed by atoms with E-state index in [0.717, 1.165) is 96.8 Å². The third-order valence-corrected chi connectivity index (χ3v) is 15.2. The molecule has 7 aromatic rings. The number of hydrogen-bond donors (Lipinski definition) is 2. The largest absolute Gasteiger partial charge is 0.485 e. The Balaban J connectivity index is 0.000000175. The minimum Gasteiger partial charge on any atom is -0.485 e. The van der Waals surface area contributed by atoms with Crippen molar-refractivity contribution in [2.75, 3.05) is 55.6 Å². The number of rotatable bonds is 13. The zero-order valence-corrected chi connectivity index (χ0v) is 43.7. The van der Waals surface area contributed by atoms with Crippen LogP contribution >= 0.6 is 11.6 Å². The number of likely N-dealkylation sites (tertiary alicyclic amines) is 2. The van der Waals surface area contributed by atoms with Gasteiger partial charge in [-0.25, -0.2) is 0 Å². The van der Waals surface area contributed by atoms with Crippen molar-refractivity contribution in [1.29, 1.82) is 0 Å². The molecule has 3 N–H and O–H groups in total. The minimum atomic E-state index is -0.441. The van der Waals surface area contributed by atoms with E-state index >= 15 is 0 Å². The number of piperidine rings is 2. The van der Waals surface area contributed by atoms with Crippen molar-refractivity contribution < 1.29 is 42.2 Å². The molecule has 0 radical (unpaired) electrons. The highest BCUT2D eigenvalue weighted by molar-refractivity contribution is 6.30. The van der Waals surface area contributed by atoms with Crippen LogP contribution < -0.4 is 35.1 Å². The van der Waals surface area contributed by atoms with Gasteiger partial charge in [-0.05, 0) is 90.5 Å². The van der Waals surface area contributed by atoms with Gasteiger partial charge < -0.3 is 53.7 Å². The number of halogens is 1. The van der Waals surface area contributed by atoms with Gasteiger partial charge in [0.05, 0.1) is 30.7 Å². The van der Waals surface area contributed by atoms with Crippen LogP contribution in [0.25, 0.3) is 11.3 Å². The predicted octanol–water partition coefficient (Wildman–Crippen LogP) is 10.7. The van der Waals surface area contributed by atoms with Gasteiger partial charge in [0.25, 0.3) is 5.91 Å². The molecule has 0 aliphatic carbocycles. The number of hydrogen-bond acceptors (Lipinski definition) is 11. The summed E-state index contributed by atoms with van der Waals surface area (Å²) in [6.07, 6.45) is 6.36. The summed E-state index contributed by atoms with van der Waals surface area (Å²) < 4.78 is 30.6. The lowest BCUT2D eigenvalue weighted by atomic mass is 9.87. The van der Waals surface area contributed by atoms with Crippen LogP contribution in [0.1, 0.15) is 73.2 Å². The standard InChI is InChI=1S/C31H30ClN3O5.C30H33N3O4/c32-23-6-3-5-22(19-23)26-11-10-24(39-26)21-35-17-14-31(40-27-8-2-1-7-25(27)35)12-15-34(16-13-31)29(36)20-33-30(37)28-9-4-18-38-28;31-28(34)14-15-29(35)32-19-16-30(17-20-32)18-21-33(26-8-4-5-9-27(26)37-30)22-23-10-12-25(13-11-23)36-24-6-2-1-3-7-24/h1-11,18-19H,12-17,20-21H2,(H,33,37);1-13H,14-22H2,(H2,31,34). The highest BCUT2D eigenvalue weighted by atomic mass is 35.5. The molecule has 398 valence electrons. The Labute approximate surface area is 453 Å². The van der Waals surface area contributed by atoms with Gasteiger partial charge in [-0.15, -0.1) is 0 Å². The lowest BCUT2D eigenvalue weighted by Gasteiger charge is -2.41. The fourth-order valence-corrected chi connectivity index (χ4v) is 10.8. The molecule has 4 aliphatic rings. The first kappa shape index (κ1) is 52.3. The molecule has 2 saturated heterocycles. The number of para-hydroxylation sites is 5. The molecule has 11 rings (SSSR count). The van der Waals surface area contributed by atoms with Gasteiger partial charge in [0.1, 0.15) is 45.7 Å². The first-order valence-electron chi connectivity index (χ1n) is 26.4. The number of primary amides is 1. The molecule has 77 heavy (non-hydrogen) atoms. The summed E-state index contributed by atoms with van der Waals surface area (Å²) in [6.45, 7) is 5.34. The van der Waals surface area contributed by atoms with Gasteiger partial charge in [0.15, 0.2) is 5.76 Å². The number of carbonyl (C=O) groups excluding carboxylic acids is 4. The summed E-state index contributed by atoms with van der Waals surface area (Å²) in [4.78, 5) is 56.8. The third kappa shape index (κ3) is 13.1. The maximum absolute atomic E-state index is 12.8. The molecule has 5 aromatic carbocycles. The number of nitrogens with zero attached hydrogens (tertiary/aromatic N) is 4. The Kier molecular flexibility index (Phi) is 16.2. The molecule has 0 bridgehead atoms. The average Bonchev–Trinajstić information content (AvgIpc) is 4.20. The van der Waals surface area contributed by atoms with E-state index in [1.54, 1.807) is 17.0 Å². The number of ether oxygens (including phenoxy) is 3. The second-order valence-corrected chi connectivity index (χ2v) is 20.5. The van der Waals surface area contributed by atoms with E-state index in [4.69, 9.17) is 40.4 Å². The third-order valence-electron chi connectivity index (χ3n) is 14.9. The van der Waals surface area contributed by atoms with Gasteiger partial charge in [-0.2, -0.15) is 0 Å². The zero-order valence-electron chi connectivity index (χ0n) is 43.0. The van der Waals surface area contributed by atoms with Crippen LogP contribution in [0, 0.1) is 0 Å². The summed E-state index contributed by atoms with van der Waals surface area (Å²) in [6, 6.07) is 49.2. The number of amides is 4. The summed E-state index contributed by atoms with van der Waals surface area (Å²) in [5.74, 6) is 4.23. The maximum Gasteiger partial charge on any atom is 0.287 e. The lowest BCUT2D eigenvalue weighted by Crippen LogP contribution is -2.52. The molecule has 0 saturated carbocycles. The maximum atomic E-state index is 12.8. The van der Waals surface area contributed by atoms with E-state index < -0.39 is 11.8 Å². The average molecular weight is 1060 g/mol. The molecule has 0 atom stereocenters. The normalized spacial score (nSPS) is 16.3. The predicted molar refractivity (Wildman–Crippen MR) is 294 cm³/mol. The highest BCUT2D eigenvalue weighted by Crippen LogP contribution is 2.43. The molecule has 15 nitrogen and oxygen atoms in total. The van der Waals surface area contributed by atoms with Gasteiger partial charge in [0, 0.05) is 108 Å². The Morgan fingerprint density at radius 2 is 1.17 bits per heavy atom. The van der Waals surface area contributed by atoms with Crippen molar-refractivity contribution in [2.24, 2.45) is 5.73 Å². The van der Waals surface area contributed by atoms with Crippen molar-refractivity contribution >= 4 is 46.6 Å². The second-order valence-electron chi connectivity index (χ2n) is 20.1. The minimum absolute atomic E-state index is 0.0102. The van der Waals surface area contributed by atoms with Gasteiger partial charge in [0.2, 0.25) is 17.7 Å². The number of nitrogens with one attached hydrogen (secondary N) is 1. The first-order chi connectivity index (χ1) is 37.5. The van der Waals surface area contributed by atoms with Gasteiger partial charge in [-0.3, -0.25) is 19.2 Å². The van der Waals surface area contributed by atoms with Crippen molar-refractivity contribution in [3.05, 3.63) is 180 Å². The number of benzene rings is 5. The molecule has 2 fully saturated rings. The van der Waals surface area contributed by atoms with Crippen LogP contribution in [0.5, 0.6) is 23.0 Å². The Morgan fingerprint density at radius 1 is 0.584 bits per heavy atom. The molecule has 4 amide bonds. The molecule has 0 unspecified atom stereocenters. The van der Waals surface area contributed by atoms with Crippen molar-refractivity contribution in [1.82, 2.24) is 15.1 Å². The van der Waals surface area contributed by atoms with E-state index in [2.05, 4.69) is 39.4 Å². The number of furan rings is 2. The smallest absolute Gasteiger partial charge is 0.287 e. The van der Waals surface area contributed by atoms with E-state index in [9.17, 15) is 19.2 Å². The van der Waals surface area contributed by atoms with Crippen LogP contribution in [0.2, 0.25) is 5.02 Å². The zero-order chi connectivity index (χ0) is 53.2. The molecule has 16 heteroatoms. The quantitative estimate of drug-likeness (QED) is 0.113. The SMILES string of the molecule is NC(=O)CCC(=O)N1CCC2(CC1)CCN(Cc1ccc(Oc3ccccc3)cc1)c1ccccc1O2.O=C(NCC(=O)N1CCC2(CC1)CCN(Cc1ccc(-c3cccc(Cl)c3)o1)c1ccccc1O2)c1ccco1. The van der Waals surface area contributed by atoms with Crippen molar-refractivity contribution in [2.45, 2.75) is 75.7 Å². The Morgan fingerprint density at radius 3 is 1.78 bits per heavy atom. The van der Waals surface area contributed by atoms with E-state index in [1.165, 1.54) is 11.8 Å². The molecule has 4 aliphatic heterocycles. The molecular weight excluding hydrogens is 996 g/mol. The second kappa shape index (κ2) is 23.8. The van der Waals surface area contributed by atoms with Gasteiger partial charge in [-0.1, -0.05) is 78.3 Å². The van der Waals surface area contributed by atoms with Gasteiger partial charge >= 0.3 is 0 Å². The monoisotopic (exact) mass is 1060 g/mol. The van der Waals surface area contributed by atoms with Crippen molar-refractivity contribution in [3.8, 4) is 34.3 Å². The topological polar surface area (TPSA) is 173 Å². The number of nitrogens with two attached hydrogens (primary N) is 1. The lowest BCUT2D eigenvalue weighted by molar-refractivity contribution is -0.136. The fourth-order valence-electron chi connectivity index (χ4n) is 10.6. The Hall–Kier alpha value is -8.17. The van der Waals surface area contributed by atoms with Crippen LogP contribution in [-0.2, 0) is 27.5 Å². The molecule has 2 aromatic heterocycles. The number of fused-ring (bicyclic) bond motifs is 2. The summed E-state index contributed by atoms with van der Waals surface area (Å²) >= 11 is 6.17. The molecular formula is C61H63ClN6O9. The number of carbonyl (C=O) groups is 4. The van der Waals surface area contributed by atoms with E-state index in [1.807, 2.05) is 120 Å². The highest BCUT2D eigenvalue weighted by Gasteiger charge is 2.42.